The third kappa shape index (κ3) is 16.3. The summed E-state index contributed by atoms with van der Waals surface area (Å²) in [5.41, 5.74) is 9.46. The highest BCUT2D eigenvalue weighted by Crippen LogP contribution is 2.29. The summed E-state index contributed by atoms with van der Waals surface area (Å²) in [7, 11) is 0. The zero-order valence-corrected chi connectivity index (χ0v) is 46.1. The first-order valence-electron chi connectivity index (χ1n) is 29.1. The molecular formula is C62H78N10O9. The number of alkyl carbamates (subject to hydrolysis) is 1. The second-order valence-corrected chi connectivity index (χ2v) is 22.3. The van der Waals surface area contributed by atoms with E-state index in [0.29, 0.717) is 42.2 Å². The lowest BCUT2D eigenvalue weighted by Crippen LogP contribution is -2.60. The lowest BCUT2D eigenvalue weighted by atomic mass is 9.83. The quantitative estimate of drug-likeness (QED) is 0.0627. The number of nitrogens with two attached hydrogens (primary N) is 1. The number of aryl methyl sites for hydroxylation is 1. The fraction of sp³-hybridized carbons (Fsp3) is 0.484. The number of ether oxygens (including phenoxy) is 2. The molecule has 81 heavy (non-hydrogen) atoms. The Bertz CT molecular complexity index is 2910. The van der Waals surface area contributed by atoms with Gasteiger partial charge in [-0.2, -0.15) is 0 Å². The lowest BCUT2D eigenvalue weighted by molar-refractivity contribution is -0.143. The summed E-state index contributed by atoms with van der Waals surface area (Å²) in [6, 6.07) is 21.8. The molecule has 1 saturated carbocycles. The number of fused-ring (bicyclic) bond motifs is 2. The Labute approximate surface area is 473 Å². The van der Waals surface area contributed by atoms with Crippen molar-refractivity contribution in [3.63, 3.8) is 0 Å². The third-order valence-corrected chi connectivity index (χ3v) is 16.4. The van der Waals surface area contributed by atoms with E-state index in [1.807, 2.05) is 85.1 Å². The van der Waals surface area contributed by atoms with E-state index in [9.17, 15) is 4.79 Å². The minimum atomic E-state index is -1.33. The molecule has 5 aromatic rings. The summed E-state index contributed by atoms with van der Waals surface area (Å²) >= 11 is 0. The number of rotatable bonds is 17. The number of aromatic nitrogens is 2. The number of aromatic amines is 1. The van der Waals surface area contributed by atoms with Gasteiger partial charge < -0.3 is 57.0 Å². The minimum absolute atomic E-state index is 0.00842. The number of ketones is 1. The fourth-order valence-corrected chi connectivity index (χ4v) is 11.9. The topological polar surface area (TPSA) is 268 Å². The molecular weight excluding hydrogens is 1030 g/mol. The van der Waals surface area contributed by atoms with Crippen LogP contribution in [0.3, 0.4) is 0 Å². The van der Waals surface area contributed by atoms with Crippen LogP contribution in [0.15, 0.2) is 110 Å². The van der Waals surface area contributed by atoms with Crippen molar-refractivity contribution in [2.24, 2.45) is 23.5 Å². The van der Waals surface area contributed by atoms with Gasteiger partial charge in [0.05, 0.1) is 19.2 Å². The van der Waals surface area contributed by atoms with E-state index in [1.165, 1.54) is 24.2 Å². The van der Waals surface area contributed by atoms with E-state index in [-0.39, 0.29) is 64.1 Å². The van der Waals surface area contributed by atoms with Gasteiger partial charge in [0.2, 0.25) is 29.5 Å². The smallest absolute Gasteiger partial charge is 0.407 e. The van der Waals surface area contributed by atoms with Gasteiger partial charge in [-0.1, -0.05) is 86.0 Å². The summed E-state index contributed by atoms with van der Waals surface area (Å²) in [4.78, 5) is 113. The number of benzene rings is 3. The third-order valence-electron chi connectivity index (χ3n) is 16.4. The van der Waals surface area contributed by atoms with Crippen LogP contribution in [0.1, 0.15) is 92.9 Å². The molecule has 9 rings (SSSR count). The van der Waals surface area contributed by atoms with Crippen molar-refractivity contribution in [2.45, 2.75) is 133 Å². The molecule has 0 spiro atoms. The SMILES string of the molecule is NCCNC(=O)O[C@@H]1C[C@H]2C(=O)N[C@H](CCc3ccccc3)C(=O)N[C@H](Cc3c[nH]c4ccccc34)C(=O)C[C@@H](CC3CCNCC3)C(=O)N[C@@H](Cc3ccc(OCC4CCCCC4)cc3)C(=O)N[C@@H](Cc3cccnc3)C(=O)N2C1. The van der Waals surface area contributed by atoms with Gasteiger partial charge in [0.1, 0.15) is 36.0 Å². The average molecular weight is 1110 g/mol. The molecule has 5 heterocycles. The number of H-pyrrole nitrogens is 1. The number of hydrogen-bond donors (Lipinski definition) is 8. The number of nitrogens with zero attached hydrogens (tertiary/aromatic N) is 2. The second kappa shape index (κ2) is 28.7. The van der Waals surface area contributed by atoms with Crippen LogP contribution < -0.4 is 42.4 Å². The number of piperidine rings is 1. The first-order valence-corrected chi connectivity index (χ1v) is 29.1. The molecule has 7 atom stereocenters. The van der Waals surface area contributed by atoms with Gasteiger partial charge in [-0.05, 0) is 116 Å². The summed E-state index contributed by atoms with van der Waals surface area (Å²) in [6.07, 6.45) is 11.0. The monoisotopic (exact) mass is 1110 g/mol. The summed E-state index contributed by atoms with van der Waals surface area (Å²) in [5.74, 6) is -3.23. The number of amides is 6. The highest BCUT2D eigenvalue weighted by molar-refractivity contribution is 5.99. The Morgan fingerprint density at radius 1 is 0.691 bits per heavy atom. The van der Waals surface area contributed by atoms with E-state index < -0.39 is 83.6 Å². The van der Waals surface area contributed by atoms with Crippen molar-refractivity contribution in [1.82, 2.24) is 46.8 Å². The number of para-hydroxylation sites is 1. The molecule has 0 bridgehead atoms. The van der Waals surface area contributed by atoms with Crippen LogP contribution in [0.5, 0.6) is 5.75 Å². The Balaban J connectivity index is 1.10. The standard InChI is InChI=1S/C62H78N10O9/c63-25-29-66-62(79)81-48-35-55-60(77)68-51(22-19-40-10-3-1-4-11-40)58(75)69-52(33-46-37-67-50-16-8-7-15-49(46)50)56(73)34-45(30-42-23-27-64-28-24-42)57(74)70-53(31-41-17-20-47(21-18-41)80-39-43-12-5-2-6-13-43)59(76)71-54(61(78)72(55)38-48)32-44-14-9-26-65-36-44/h1,3-4,7-11,14-18,20-21,26,36-37,42-43,45,48,51-55,64,67H,2,5-6,12-13,19,22-25,27-35,38-39,63H2,(H,66,79)(H,68,77)(H,69,75)(H,70,74)(H,71,76)/t45-,48-,51-,52-,53+,54+,55+/m1/s1. The van der Waals surface area contributed by atoms with E-state index in [1.54, 1.807) is 24.5 Å². The fourth-order valence-electron chi connectivity index (χ4n) is 11.9. The molecule has 3 aromatic carbocycles. The number of hydrogen-bond acceptors (Lipinski definition) is 12. The molecule has 0 radical (unpaired) electrons. The molecule has 3 aliphatic heterocycles. The Hall–Kier alpha value is -7.64. The van der Waals surface area contributed by atoms with Crippen LogP contribution in [0.25, 0.3) is 10.9 Å². The maximum atomic E-state index is 15.4. The molecule has 19 nitrogen and oxygen atoms in total. The molecule has 6 amide bonds. The molecule has 1 aliphatic carbocycles. The van der Waals surface area contributed by atoms with E-state index in [0.717, 1.165) is 60.8 Å². The van der Waals surface area contributed by atoms with E-state index >= 15 is 28.8 Å². The van der Waals surface area contributed by atoms with Crippen molar-refractivity contribution in [1.29, 1.82) is 0 Å². The van der Waals surface area contributed by atoms with Gasteiger partial charge >= 0.3 is 6.09 Å². The number of nitrogens with one attached hydrogen (secondary N) is 7. The van der Waals surface area contributed by atoms with Crippen LogP contribution in [0, 0.1) is 17.8 Å². The Morgan fingerprint density at radius 2 is 1.40 bits per heavy atom. The van der Waals surface area contributed by atoms with E-state index in [2.05, 4.69) is 41.9 Å². The van der Waals surface area contributed by atoms with Crippen molar-refractivity contribution in [3.8, 4) is 5.75 Å². The maximum absolute atomic E-state index is 15.4. The van der Waals surface area contributed by atoms with Gasteiger partial charge in [-0.15, -0.1) is 0 Å². The van der Waals surface area contributed by atoms with Crippen molar-refractivity contribution < 1.29 is 43.0 Å². The zero-order chi connectivity index (χ0) is 56.5. The van der Waals surface area contributed by atoms with Crippen molar-refractivity contribution >= 4 is 52.3 Å². The van der Waals surface area contributed by atoms with Crippen LogP contribution in [0.4, 0.5) is 4.79 Å². The Kier molecular flexibility index (Phi) is 20.5. The lowest BCUT2D eigenvalue weighted by Gasteiger charge is -2.32. The first-order chi connectivity index (χ1) is 39.5. The predicted molar refractivity (Wildman–Crippen MR) is 305 cm³/mol. The molecule has 430 valence electrons. The van der Waals surface area contributed by atoms with Gasteiger partial charge in [0.15, 0.2) is 5.78 Å². The molecule has 3 saturated heterocycles. The predicted octanol–water partition coefficient (Wildman–Crippen LogP) is 4.76. The zero-order valence-electron chi connectivity index (χ0n) is 46.1. The second-order valence-electron chi connectivity index (χ2n) is 22.3. The molecule has 2 aromatic heterocycles. The molecule has 9 N–H and O–H groups in total. The normalized spacial score (nSPS) is 24.0. The Morgan fingerprint density at radius 3 is 2.16 bits per heavy atom. The highest BCUT2D eigenvalue weighted by Gasteiger charge is 2.45. The van der Waals surface area contributed by atoms with Gasteiger partial charge in [0, 0.05) is 80.6 Å². The van der Waals surface area contributed by atoms with Crippen LogP contribution in [0.2, 0.25) is 0 Å². The average Bonchev–Trinajstić information content (AvgIpc) is 4.11. The van der Waals surface area contributed by atoms with Crippen LogP contribution in [-0.4, -0.2) is 132 Å². The number of Topliss-reactive ketones (excluding diaryl/α,β-unsaturated/α-hetero) is 1. The summed E-state index contributed by atoms with van der Waals surface area (Å²) < 4.78 is 12.0. The van der Waals surface area contributed by atoms with E-state index in [4.69, 9.17) is 15.2 Å². The number of pyridine rings is 1. The van der Waals surface area contributed by atoms with Crippen molar-refractivity contribution in [3.05, 3.63) is 132 Å². The van der Waals surface area contributed by atoms with Gasteiger partial charge in [0.25, 0.3) is 0 Å². The number of carbonyl (C=O) groups excluding carboxylic acids is 7. The molecule has 4 aliphatic rings. The maximum Gasteiger partial charge on any atom is 0.407 e. The summed E-state index contributed by atoms with van der Waals surface area (Å²) in [5, 5.41) is 18.9. The summed E-state index contributed by atoms with van der Waals surface area (Å²) in [6.45, 7) is 2.13. The highest BCUT2D eigenvalue weighted by atomic mass is 16.6. The van der Waals surface area contributed by atoms with Gasteiger partial charge in [-0.3, -0.25) is 33.8 Å². The van der Waals surface area contributed by atoms with Gasteiger partial charge in [-0.25, -0.2) is 4.79 Å². The largest absolute Gasteiger partial charge is 0.493 e. The first kappa shape index (κ1) is 58.0. The molecule has 0 unspecified atom stereocenters. The van der Waals surface area contributed by atoms with Crippen LogP contribution in [-0.2, 0) is 59.2 Å². The van der Waals surface area contributed by atoms with Crippen molar-refractivity contribution in [2.75, 3.05) is 39.3 Å². The minimum Gasteiger partial charge on any atom is -0.493 e. The molecule has 19 heteroatoms. The van der Waals surface area contributed by atoms with Crippen LogP contribution >= 0.6 is 0 Å². The number of carbonyl (C=O) groups is 7. The molecule has 4 fully saturated rings.